The van der Waals surface area contributed by atoms with Crippen molar-refractivity contribution in [3.05, 3.63) is 33.8 Å². The van der Waals surface area contributed by atoms with Crippen LogP contribution in [0.5, 0.6) is 0 Å². The van der Waals surface area contributed by atoms with Gasteiger partial charge in [0.05, 0.1) is 11.5 Å². The molecule has 1 aliphatic heterocycles. The molecule has 0 saturated carbocycles. The normalized spacial score (nSPS) is 17.7. The highest BCUT2D eigenvalue weighted by Gasteiger charge is 2.27. The summed E-state index contributed by atoms with van der Waals surface area (Å²) in [7, 11) is 0. The smallest absolute Gasteiger partial charge is 0.338 e. The van der Waals surface area contributed by atoms with E-state index in [9.17, 15) is 14.4 Å². The average Bonchev–Trinajstić information content (AvgIpc) is 2.51. The number of primary amides is 1. The molecule has 23 heavy (non-hydrogen) atoms. The number of likely N-dealkylation sites (tertiary alicyclic amines) is 1. The van der Waals surface area contributed by atoms with E-state index in [1.54, 1.807) is 0 Å². The molecule has 1 atom stereocenters. The van der Waals surface area contributed by atoms with Gasteiger partial charge >= 0.3 is 5.97 Å². The van der Waals surface area contributed by atoms with Crippen LogP contribution in [-0.4, -0.2) is 42.4 Å². The molecule has 8 heteroatoms. The molecule has 2 N–H and O–H groups in total. The largest absolute Gasteiger partial charge is 0.452 e. The first-order valence-electron chi connectivity index (χ1n) is 7.07. The van der Waals surface area contributed by atoms with Crippen LogP contribution in [0, 0.1) is 5.92 Å². The Bertz CT molecular complexity index is 616. The first-order chi connectivity index (χ1) is 10.9. The highest BCUT2D eigenvalue weighted by Crippen LogP contribution is 2.20. The number of hydrogen-bond donors (Lipinski definition) is 1. The van der Waals surface area contributed by atoms with Crippen molar-refractivity contribution in [3.63, 3.8) is 0 Å². The quantitative estimate of drug-likeness (QED) is 0.832. The topological polar surface area (TPSA) is 89.7 Å². The lowest BCUT2D eigenvalue weighted by atomic mass is 9.97. The summed E-state index contributed by atoms with van der Waals surface area (Å²) in [5, 5.41) is 0.604. The van der Waals surface area contributed by atoms with Gasteiger partial charge in [-0.15, -0.1) is 0 Å². The summed E-state index contributed by atoms with van der Waals surface area (Å²) in [6, 6.07) is 4.30. The summed E-state index contributed by atoms with van der Waals surface area (Å²) >= 11 is 11.6. The molecule has 0 aliphatic carbocycles. The van der Waals surface area contributed by atoms with E-state index in [1.165, 1.54) is 23.1 Å². The molecule has 0 aromatic heterocycles. The highest BCUT2D eigenvalue weighted by atomic mass is 35.5. The van der Waals surface area contributed by atoms with E-state index >= 15 is 0 Å². The molecule has 6 nitrogen and oxygen atoms in total. The van der Waals surface area contributed by atoms with Crippen molar-refractivity contribution in [2.75, 3.05) is 19.7 Å². The lowest BCUT2D eigenvalue weighted by molar-refractivity contribution is -0.137. The zero-order valence-corrected chi connectivity index (χ0v) is 13.8. The van der Waals surface area contributed by atoms with Crippen LogP contribution in [0.1, 0.15) is 23.2 Å². The first-order valence-corrected chi connectivity index (χ1v) is 7.82. The van der Waals surface area contributed by atoms with Gasteiger partial charge in [0.15, 0.2) is 6.61 Å². The summed E-state index contributed by atoms with van der Waals surface area (Å²) in [5.41, 5.74) is 5.44. The van der Waals surface area contributed by atoms with Gasteiger partial charge in [-0.25, -0.2) is 4.79 Å². The molecule has 1 heterocycles. The molecule has 0 spiro atoms. The minimum Gasteiger partial charge on any atom is -0.452 e. The van der Waals surface area contributed by atoms with Crippen LogP contribution < -0.4 is 5.73 Å². The van der Waals surface area contributed by atoms with Crippen LogP contribution >= 0.6 is 23.2 Å². The lowest BCUT2D eigenvalue weighted by Gasteiger charge is -2.31. The number of benzene rings is 1. The maximum Gasteiger partial charge on any atom is 0.338 e. The number of carbonyl (C=O) groups excluding carboxylic acids is 3. The molecule has 0 radical (unpaired) electrons. The molecule has 1 fully saturated rings. The second kappa shape index (κ2) is 7.66. The van der Waals surface area contributed by atoms with Crippen molar-refractivity contribution in [2.24, 2.45) is 11.7 Å². The zero-order valence-electron chi connectivity index (χ0n) is 12.3. The van der Waals surface area contributed by atoms with E-state index in [4.69, 9.17) is 33.7 Å². The molecular formula is C15H16Cl2N2O4. The van der Waals surface area contributed by atoms with Gasteiger partial charge < -0.3 is 15.4 Å². The van der Waals surface area contributed by atoms with E-state index in [0.717, 1.165) is 0 Å². The number of nitrogens with two attached hydrogens (primary N) is 1. The molecule has 124 valence electrons. The monoisotopic (exact) mass is 358 g/mol. The molecule has 1 aromatic rings. The van der Waals surface area contributed by atoms with Crippen LogP contribution in [0.15, 0.2) is 18.2 Å². The summed E-state index contributed by atoms with van der Waals surface area (Å²) in [5.74, 6) is -1.83. The van der Waals surface area contributed by atoms with Gasteiger partial charge in [0.2, 0.25) is 5.91 Å². The molecule has 2 amide bonds. The summed E-state index contributed by atoms with van der Waals surface area (Å²) in [6.07, 6.45) is 1.36. The van der Waals surface area contributed by atoms with Crippen molar-refractivity contribution < 1.29 is 19.1 Å². The highest BCUT2D eigenvalue weighted by molar-refractivity contribution is 6.35. The van der Waals surface area contributed by atoms with Crippen LogP contribution in [-0.2, 0) is 14.3 Å². The number of halogens is 2. The van der Waals surface area contributed by atoms with Crippen LogP contribution in [0.2, 0.25) is 10.0 Å². The SMILES string of the molecule is NC(=O)[C@H]1CCCN(C(=O)COC(=O)c2cc(Cl)cc(Cl)c2)C1. The van der Waals surface area contributed by atoms with Gasteiger partial charge in [0.1, 0.15) is 0 Å². The van der Waals surface area contributed by atoms with Gasteiger partial charge in [-0.3, -0.25) is 9.59 Å². The second-order valence-electron chi connectivity index (χ2n) is 5.32. The Hall–Kier alpha value is -1.79. The third-order valence-corrected chi connectivity index (χ3v) is 4.04. The van der Waals surface area contributed by atoms with E-state index < -0.39 is 18.5 Å². The van der Waals surface area contributed by atoms with Crippen molar-refractivity contribution in [3.8, 4) is 0 Å². The fraction of sp³-hybridized carbons (Fsp3) is 0.400. The van der Waals surface area contributed by atoms with Gasteiger partial charge in [-0.1, -0.05) is 23.2 Å². The van der Waals surface area contributed by atoms with Crippen LogP contribution in [0.4, 0.5) is 0 Å². The van der Waals surface area contributed by atoms with E-state index in [1.807, 2.05) is 0 Å². The average molecular weight is 359 g/mol. The van der Waals surface area contributed by atoms with E-state index in [2.05, 4.69) is 0 Å². The van der Waals surface area contributed by atoms with Crippen molar-refractivity contribution >= 4 is 41.0 Å². The standard InChI is InChI=1S/C15H16Cl2N2O4/c16-11-4-10(5-12(17)6-11)15(22)23-8-13(20)19-3-1-2-9(7-19)14(18)21/h4-6,9H,1-3,7-8H2,(H2,18,21)/t9-/m0/s1. The van der Waals surface area contributed by atoms with Crippen molar-refractivity contribution in [1.82, 2.24) is 4.90 Å². The van der Waals surface area contributed by atoms with Crippen molar-refractivity contribution in [2.45, 2.75) is 12.8 Å². The minimum atomic E-state index is -0.689. The molecule has 1 aromatic carbocycles. The lowest BCUT2D eigenvalue weighted by Crippen LogP contribution is -2.45. The van der Waals surface area contributed by atoms with Crippen molar-refractivity contribution in [1.29, 1.82) is 0 Å². The summed E-state index contributed by atoms with van der Waals surface area (Å²) < 4.78 is 4.99. The third-order valence-electron chi connectivity index (χ3n) is 3.60. The van der Waals surface area contributed by atoms with Crippen LogP contribution in [0.3, 0.4) is 0 Å². The Labute approximate surface area is 143 Å². The Kier molecular flexibility index (Phi) is 5.85. The Morgan fingerprint density at radius 2 is 1.87 bits per heavy atom. The number of esters is 1. The van der Waals surface area contributed by atoms with Gasteiger partial charge in [0.25, 0.3) is 5.91 Å². The number of nitrogens with zero attached hydrogens (tertiary/aromatic N) is 1. The number of hydrogen-bond acceptors (Lipinski definition) is 4. The van der Waals surface area contributed by atoms with Gasteiger partial charge in [0, 0.05) is 23.1 Å². The number of piperidine rings is 1. The Balaban J connectivity index is 1.90. The van der Waals surface area contributed by atoms with Gasteiger partial charge in [-0.2, -0.15) is 0 Å². The number of amides is 2. The molecular weight excluding hydrogens is 343 g/mol. The molecule has 0 unspecified atom stereocenters. The Morgan fingerprint density at radius 3 is 2.48 bits per heavy atom. The molecule has 1 aliphatic rings. The predicted octanol–water partition coefficient (Wildman–Crippen LogP) is 1.87. The zero-order chi connectivity index (χ0) is 17.0. The second-order valence-corrected chi connectivity index (χ2v) is 6.19. The maximum absolute atomic E-state index is 12.1. The van der Waals surface area contributed by atoms with Crippen LogP contribution in [0.25, 0.3) is 0 Å². The number of carbonyl (C=O) groups is 3. The first kappa shape index (κ1) is 17.6. The van der Waals surface area contributed by atoms with Gasteiger partial charge in [-0.05, 0) is 31.0 Å². The third kappa shape index (κ3) is 4.84. The number of rotatable bonds is 4. The maximum atomic E-state index is 12.1. The fourth-order valence-corrected chi connectivity index (χ4v) is 2.94. The summed E-state index contributed by atoms with van der Waals surface area (Å²) in [6.45, 7) is 0.367. The fourth-order valence-electron chi connectivity index (χ4n) is 2.41. The molecule has 0 bridgehead atoms. The summed E-state index contributed by atoms with van der Waals surface area (Å²) in [4.78, 5) is 36.7. The Morgan fingerprint density at radius 1 is 1.22 bits per heavy atom. The number of ether oxygens (including phenoxy) is 1. The molecule has 2 rings (SSSR count). The predicted molar refractivity (Wildman–Crippen MR) is 85.2 cm³/mol. The minimum absolute atomic E-state index is 0.170. The van der Waals surface area contributed by atoms with E-state index in [0.29, 0.717) is 29.4 Å². The van der Waals surface area contributed by atoms with E-state index in [-0.39, 0.29) is 23.9 Å². The molecule has 1 saturated heterocycles.